The molecule has 0 heterocycles. The maximum Gasteiger partial charge on any atom is 0.131 e. The molecule has 118 valence electrons. The van der Waals surface area contributed by atoms with Crippen LogP contribution in [0, 0.1) is 0 Å². The van der Waals surface area contributed by atoms with E-state index >= 15 is 0 Å². The first kappa shape index (κ1) is 16.2. The second-order valence-electron chi connectivity index (χ2n) is 5.06. The van der Waals surface area contributed by atoms with Crippen molar-refractivity contribution in [3.8, 4) is 17.2 Å². The summed E-state index contributed by atoms with van der Waals surface area (Å²) in [6, 6.07) is 14.2. The lowest BCUT2D eigenvalue weighted by atomic mass is 10.1. The van der Waals surface area contributed by atoms with Gasteiger partial charge in [0.25, 0.3) is 0 Å². The van der Waals surface area contributed by atoms with Crippen molar-refractivity contribution in [3.05, 3.63) is 53.6 Å². The molecule has 0 radical (unpaired) electrons. The highest BCUT2D eigenvalue weighted by atomic mass is 16.5. The van der Waals surface area contributed by atoms with Crippen molar-refractivity contribution in [2.24, 2.45) is 0 Å². The molecule has 2 rings (SSSR count). The minimum atomic E-state index is 0.818. The van der Waals surface area contributed by atoms with Crippen LogP contribution < -0.4 is 19.5 Å². The van der Waals surface area contributed by atoms with Crippen LogP contribution >= 0.6 is 0 Å². The lowest BCUT2D eigenvalue weighted by Crippen LogP contribution is -2.83. The Kier molecular flexibility index (Phi) is 6.10. The Morgan fingerprint density at radius 3 is 2.14 bits per heavy atom. The van der Waals surface area contributed by atoms with Crippen molar-refractivity contribution in [1.29, 1.82) is 0 Å². The summed E-state index contributed by atoms with van der Waals surface area (Å²) in [7, 11) is 5.04. The fourth-order valence-electron chi connectivity index (χ4n) is 2.34. The zero-order valence-corrected chi connectivity index (χ0v) is 13.5. The molecule has 0 aliphatic rings. The Balaban J connectivity index is 1.83. The second kappa shape index (κ2) is 8.29. The lowest BCUT2D eigenvalue weighted by molar-refractivity contribution is -0.670. The van der Waals surface area contributed by atoms with E-state index in [0.717, 1.165) is 36.8 Å². The van der Waals surface area contributed by atoms with Crippen molar-refractivity contribution < 1.29 is 19.5 Å². The van der Waals surface area contributed by atoms with Crippen molar-refractivity contribution >= 4 is 0 Å². The van der Waals surface area contributed by atoms with Gasteiger partial charge in [0, 0.05) is 18.1 Å². The van der Waals surface area contributed by atoms with E-state index < -0.39 is 0 Å². The molecule has 0 bridgehead atoms. The van der Waals surface area contributed by atoms with Gasteiger partial charge in [-0.05, 0) is 29.8 Å². The van der Waals surface area contributed by atoms with Crippen LogP contribution in [0.25, 0.3) is 0 Å². The number of benzene rings is 2. The summed E-state index contributed by atoms with van der Waals surface area (Å²) >= 11 is 0. The van der Waals surface area contributed by atoms with Gasteiger partial charge in [0.05, 0.1) is 27.9 Å². The van der Waals surface area contributed by atoms with E-state index in [1.165, 1.54) is 11.1 Å². The highest BCUT2D eigenvalue weighted by Gasteiger charge is 2.06. The van der Waals surface area contributed by atoms with E-state index in [4.69, 9.17) is 14.2 Å². The highest BCUT2D eigenvalue weighted by molar-refractivity contribution is 5.40. The number of ether oxygens (including phenoxy) is 3. The van der Waals surface area contributed by atoms with Gasteiger partial charge >= 0.3 is 0 Å². The molecule has 22 heavy (non-hydrogen) atoms. The Morgan fingerprint density at radius 2 is 1.50 bits per heavy atom. The van der Waals surface area contributed by atoms with Crippen LogP contribution in [0.3, 0.4) is 0 Å². The quantitative estimate of drug-likeness (QED) is 0.759. The maximum absolute atomic E-state index is 5.41. The van der Waals surface area contributed by atoms with Crippen molar-refractivity contribution in [2.75, 3.05) is 27.9 Å². The van der Waals surface area contributed by atoms with Gasteiger partial charge in [-0.2, -0.15) is 0 Å². The molecule has 4 nitrogen and oxygen atoms in total. The SMILES string of the molecule is COc1ccc(CC[NH2+]Cc2ccc(OC)cc2OC)cc1. The molecular formula is C18H24NO3+. The predicted molar refractivity (Wildman–Crippen MR) is 86.7 cm³/mol. The molecule has 0 amide bonds. The summed E-state index contributed by atoms with van der Waals surface area (Å²) in [5, 5.41) is 2.29. The topological polar surface area (TPSA) is 44.3 Å². The molecule has 0 saturated heterocycles. The molecule has 0 aliphatic carbocycles. The molecule has 0 aliphatic heterocycles. The normalized spacial score (nSPS) is 10.3. The monoisotopic (exact) mass is 302 g/mol. The van der Waals surface area contributed by atoms with Gasteiger partial charge in [0.1, 0.15) is 23.8 Å². The van der Waals surface area contributed by atoms with Crippen LogP contribution in [0.1, 0.15) is 11.1 Å². The fourth-order valence-corrected chi connectivity index (χ4v) is 2.34. The molecule has 2 aromatic carbocycles. The number of methoxy groups -OCH3 is 3. The summed E-state index contributed by atoms with van der Waals surface area (Å²) in [4.78, 5) is 0. The molecule has 0 fully saturated rings. The van der Waals surface area contributed by atoms with Crippen LogP contribution in [-0.2, 0) is 13.0 Å². The Bertz CT molecular complexity index is 581. The molecule has 2 aromatic rings. The molecule has 4 heteroatoms. The van der Waals surface area contributed by atoms with Gasteiger partial charge < -0.3 is 19.5 Å². The summed E-state index contributed by atoms with van der Waals surface area (Å²) in [6.45, 7) is 1.92. The minimum absolute atomic E-state index is 0.818. The zero-order valence-electron chi connectivity index (χ0n) is 13.5. The number of quaternary nitrogens is 1. The number of hydrogen-bond acceptors (Lipinski definition) is 3. The zero-order chi connectivity index (χ0) is 15.8. The van der Waals surface area contributed by atoms with E-state index in [2.05, 4.69) is 23.5 Å². The predicted octanol–water partition coefficient (Wildman–Crippen LogP) is 2.02. The van der Waals surface area contributed by atoms with Gasteiger partial charge in [-0.15, -0.1) is 0 Å². The highest BCUT2D eigenvalue weighted by Crippen LogP contribution is 2.23. The van der Waals surface area contributed by atoms with E-state index in [-0.39, 0.29) is 0 Å². The Hall–Kier alpha value is -2.20. The van der Waals surface area contributed by atoms with Crippen molar-refractivity contribution in [3.63, 3.8) is 0 Å². The van der Waals surface area contributed by atoms with Gasteiger partial charge in [-0.1, -0.05) is 12.1 Å². The summed E-state index contributed by atoms with van der Waals surface area (Å²) in [5.41, 5.74) is 2.50. The molecule has 0 atom stereocenters. The molecule has 0 aromatic heterocycles. The molecule has 0 spiro atoms. The van der Waals surface area contributed by atoms with Crippen molar-refractivity contribution in [1.82, 2.24) is 0 Å². The Labute approximate surface area is 132 Å². The van der Waals surface area contributed by atoms with E-state index in [1.807, 2.05) is 24.3 Å². The Morgan fingerprint density at radius 1 is 0.818 bits per heavy atom. The molecule has 0 unspecified atom stereocenters. The standard InChI is InChI=1S/C18H23NO3/c1-20-16-7-4-14(5-8-16)10-11-19-13-15-6-9-17(21-2)12-18(15)22-3/h4-9,12,19H,10-11,13H2,1-3H3/p+1. The van der Waals surface area contributed by atoms with Crippen LogP contribution in [0.2, 0.25) is 0 Å². The average Bonchev–Trinajstić information content (AvgIpc) is 2.59. The third-order valence-electron chi connectivity index (χ3n) is 3.65. The summed E-state index contributed by atoms with van der Waals surface area (Å²) < 4.78 is 15.8. The van der Waals surface area contributed by atoms with Crippen LogP contribution in [-0.4, -0.2) is 27.9 Å². The van der Waals surface area contributed by atoms with Crippen LogP contribution in [0.15, 0.2) is 42.5 Å². The van der Waals surface area contributed by atoms with E-state index in [9.17, 15) is 0 Å². The van der Waals surface area contributed by atoms with Crippen LogP contribution in [0.5, 0.6) is 17.2 Å². The van der Waals surface area contributed by atoms with Gasteiger partial charge in [0.15, 0.2) is 0 Å². The third kappa shape index (κ3) is 4.40. The largest absolute Gasteiger partial charge is 0.497 e. The average molecular weight is 302 g/mol. The van der Waals surface area contributed by atoms with E-state index in [1.54, 1.807) is 21.3 Å². The third-order valence-corrected chi connectivity index (χ3v) is 3.65. The summed E-state index contributed by atoms with van der Waals surface area (Å²) in [6.07, 6.45) is 1.03. The second-order valence-corrected chi connectivity index (χ2v) is 5.06. The fraction of sp³-hybridized carbons (Fsp3) is 0.333. The first-order valence-electron chi connectivity index (χ1n) is 7.42. The van der Waals surface area contributed by atoms with Crippen LogP contribution in [0.4, 0.5) is 0 Å². The van der Waals surface area contributed by atoms with Crippen molar-refractivity contribution in [2.45, 2.75) is 13.0 Å². The van der Waals surface area contributed by atoms with Gasteiger partial charge in [-0.25, -0.2) is 0 Å². The molecular weight excluding hydrogens is 278 g/mol. The first-order valence-corrected chi connectivity index (χ1v) is 7.42. The maximum atomic E-state index is 5.41. The smallest absolute Gasteiger partial charge is 0.131 e. The minimum Gasteiger partial charge on any atom is -0.497 e. The number of rotatable bonds is 8. The summed E-state index contributed by atoms with van der Waals surface area (Å²) in [5.74, 6) is 2.59. The number of nitrogens with two attached hydrogens (primary N) is 1. The lowest BCUT2D eigenvalue weighted by Gasteiger charge is -2.09. The van der Waals surface area contributed by atoms with Gasteiger partial charge in [-0.3, -0.25) is 0 Å². The molecule has 0 saturated carbocycles. The molecule has 2 N–H and O–H groups in total. The first-order chi connectivity index (χ1) is 10.8. The van der Waals surface area contributed by atoms with E-state index in [0.29, 0.717) is 0 Å². The number of hydrogen-bond donors (Lipinski definition) is 1. The van der Waals surface area contributed by atoms with Gasteiger partial charge in [0.2, 0.25) is 0 Å².